The van der Waals surface area contributed by atoms with E-state index in [1.807, 2.05) is 0 Å². The van der Waals surface area contributed by atoms with Crippen LogP contribution in [-0.2, 0) is 6.54 Å². The SMILES string of the molecule is O=C1c2nc(Cl)nc(Cl)c2CN1P. The molecule has 1 aromatic rings. The maximum Gasteiger partial charge on any atom is 0.276 e. The van der Waals surface area contributed by atoms with E-state index in [0.717, 1.165) is 0 Å². The van der Waals surface area contributed by atoms with Crippen LogP contribution in [0.15, 0.2) is 0 Å². The average molecular weight is 236 g/mol. The minimum absolute atomic E-state index is 0.00241. The molecule has 0 spiro atoms. The Morgan fingerprint density at radius 2 is 2.08 bits per heavy atom. The second-order valence-electron chi connectivity index (χ2n) is 2.54. The molecule has 1 unspecified atom stereocenters. The third kappa shape index (κ3) is 1.39. The van der Waals surface area contributed by atoms with Gasteiger partial charge in [-0.3, -0.25) is 4.79 Å². The Morgan fingerprint density at radius 1 is 1.38 bits per heavy atom. The molecule has 0 bridgehead atoms. The fourth-order valence-corrected chi connectivity index (χ4v) is 1.87. The predicted molar refractivity (Wildman–Crippen MR) is 51.6 cm³/mol. The molecule has 1 aliphatic rings. The van der Waals surface area contributed by atoms with Gasteiger partial charge >= 0.3 is 0 Å². The van der Waals surface area contributed by atoms with Crippen molar-refractivity contribution in [2.24, 2.45) is 0 Å². The average Bonchev–Trinajstić information content (AvgIpc) is 2.32. The fraction of sp³-hybridized carbons (Fsp3) is 0.167. The molecule has 0 radical (unpaired) electrons. The lowest BCUT2D eigenvalue weighted by Gasteiger charge is -2.03. The molecular formula is C6H4Cl2N3OP. The first-order valence-electron chi connectivity index (χ1n) is 3.38. The summed E-state index contributed by atoms with van der Waals surface area (Å²) in [5.41, 5.74) is 0.922. The molecule has 7 heteroatoms. The topological polar surface area (TPSA) is 46.1 Å². The lowest BCUT2D eigenvalue weighted by atomic mass is 10.3. The van der Waals surface area contributed by atoms with E-state index in [-0.39, 0.29) is 16.3 Å². The van der Waals surface area contributed by atoms with Gasteiger partial charge in [0.1, 0.15) is 10.8 Å². The summed E-state index contributed by atoms with van der Waals surface area (Å²) in [4.78, 5) is 19.0. The summed E-state index contributed by atoms with van der Waals surface area (Å²) in [6.07, 6.45) is 0. The summed E-state index contributed by atoms with van der Waals surface area (Å²) in [7, 11) is 2.29. The lowest BCUT2D eigenvalue weighted by Crippen LogP contribution is -2.11. The Labute approximate surface area is 86.5 Å². The van der Waals surface area contributed by atoms with Crippen molar-refractivity contribution in [3.8, 4) is 0 Å². The van der Waals surface area contributed by atoms with Gasteiger partial charge in [0.25, 0.3) is 5.91 Å². The molecule has 1 atom stereocenters. The van der Waals surface area contributed by atoms with E-state index in [4.69, 9.17) is 23.2 Å². The molecule has 0 aromatic carbocycles. The second kappa shape index (κ2) is 3.05. The number of carbonyl (C=O) groups excluding carboxylic acids is 1. The highest BCUT2D eigenvalue weighted by Gasteiger charge is 2.29. The minimum atomic E-state index is -0.203. The van der Waals surface area contributed by atoms with Gasteiger partial charge in [0.05, 0.1) is 6.54 Å². The summed E-state index contributed by atoms with van der Waals surface area (Å²) in [6, 6.07) is 0. The van der Waals surface area contributed by atoms with Crippen LogP contribution >= 0.6 is 32.6 Å². The van der Waals surface area contributed by atoms with E-state index in [2.05, 4.69) is 19.4 Å². The fourth-order valence-electron chi connectivity index (χ4n) is 1.13. The van der Waals surface area contributed by atoms with Crippen LogP contribution in [0.25, 0.3) is 0 Å². The first-order chi connectivity index (χ1) is 6.09. The zero-order valence-electron chi connectivity index (χ0n) is 6.29. The highest BCUT2D eigenvalue weighted by atomic mass is 35.5. The number of amides is 1. The number of fused-ring (bicyclic) bond motifs is 1. The molecule has 2 rings (SSSR count). The van der Waals surface area contributed by atoms with Crippen LogP contribution in [-0.4, -0.2) is 20.5 Å². The Morgan fingerprint density at radius 3 is 2.77 bits per heavy atom. The molecule has 1 amide bonds. The highest BCUT2D eigenvalue weighted by Crippen LogP contribution is 2.29. The van der Waals surface area contributed by atoms with E-state index >= 15 is 0 Å². The Balaban J connectivity index is 2.64. The number of hydrogen-bond donors (Lipinski definition) is 0. The largest absolute Gasteiger partial charge is 0.317 e. The second-order valence-corrected chi connectivity index (χ2v) is 3.86. The summed E-state index contributed by atoms with van der Waals surface area (Å²) in [5.74, 6) is -0.203. The zero-order chi connectivity index (χ0) is 9.59. The van der Waals surface area contributed by atoms with Crippen molar-refractivity contribution >= 4 is 38.5 Å². The van der Waals surface area contributed by atoms with Gasteiger partial charge in [-0.1, -0.05) is 11.6 Å². The van der Waals surface area contributed by atoms with E-state index in [0.29, 0.717) is 17.8 Å². The van der Waals surface area contributed by atoms with Gasteiger partial charge in [0.15, 0.2) is 0 Å². The molecule has 1 aliphatic heterocycles. The number of hydrogen-bond acceptors (Lipinski definition) is 3. The van der Waals surface area contributed by atoms with Gasteiger partial charge in [-0.05, 0) is 21.0 Å². The molecule has 0 saturated carbocycles. The molecule has 0 saturated heterocycles. The zero-order valence-corrected chi connectivity index (χ0v) is 8.96. The van der Waals surface area contributed by atoms with Gasteiger partial charge in [0.2, 0.25) is 5.28 Å². The van der Waals surface area contributed by atoms with Crippen molar-refractivity contribution in [1.82, 2.24) is 14.6 Å². The number of aromatic nitrogens is 2. The van der Waals surface area contributed by atoms with Crippen molar-refractivity contribution in [3.63, 3.8) is 0 Å². The van der Waals surface area contributed by atoms with Crippen molar-refractivity contribution in [3.05, 3.63) is 21.7 Å². The van der Waals surface area contributed by atoms with Crippen molar-refractivity contribution in [2.75, 3.05) is 0 Å². The van der Waals surface area contributed by atoms with Crippen LogP contribution in [0.4, 0.5) is 0 Å². The van der Waals surface area contributed by atoms with Crippen LogP contribution in [0.1, 0.15) is 16.1 Å². The van der Waals surface area contributed by atoms with Gasteiger partial charge in [-0.15, -0.1) is 0 Å². The molecule has 68 valence electrons. The Hall–Kier alpha value is -0.440. The quantitative estimate of drug-likeness (QED) is 0.389. The maximum atomic E-state index is 11.4. The van der Waals surface area contributed by atoms with Crippen molar-refractivity contribution < 1.29 is 4.79 Å². The van der Waals surface area contributed by atoms with Gasteiger partial charge in [0, 0.05) is 5.56 Å². The standard InChI is InChI=1S/C6H4Cl2N3OP/c7-4-2-1-11(13)5(12)3(2)9-6(8)10-4/h1,13H2. The van der Waals surface area contributed by atoms with Crippen LogP contribution in [0, 0.1) is 0 Å². The minimum Gasteiger partial charge on any atom is -0.317 e. The highest BCUT2D eigenvalue weighted by molar-refractivity contribution is 7.14. The van der Waals surface area contributed by atoms with Crippen LogP contribution < -0.4 is 0 Å². The summed E-state index contributed by atoms with van der Waals surface area (Å²) in [5, 5.41) is 0.241. The molecule has 0 fully saturated rings. The summed E-state index contributed by atoms with van der Waals surface area (Å²) < 4.78 is 1.43. The first kappa shape index (κ1) is 9.13. The molecule has 0 N–H and O–H groups in total. The van der Waals surface area contributed by atoms with Gasteiger partial charge in [-0.2, -0.15) is 0 Å². The third-order valence-corrected chi connectivity index (χ3v) is 2.62. The first-order valence-corrected chi connectivity index (χ1v) is 4.65. The normalized spacial score (nSPS) is 15.0. The summed E-state index contributed by atoms with van der Waals surface area (Å²) >= 11 is 11.3. The number of carbonyl (C=O) groups is 1. The van der Waals surface area contributed by atoms with Crippen molar-refractivity contribution in [1.29, 1.82) is 0 Å². The number of halogens is 2. The van der Waals surface area contributed by atoms with Crippen molar-refractivity contribution in [2.45, 2.75) is 6.54 Å². The van der Waals surface area contributed by atoms with E-state index in [9.17, 15) is 4.79 Å². The monoisotopic (exact) mass is 235 g/mol. The molecule has 0 aliphatic carbocycles. The molecular weight excluding hydrogens is 232 g/mol. The maximum absolute atomic E-state index is 11.4. The third-order valence-electron chi connectivity index (χ3n) is 1.72. The van der Waals surface area contributed by atoms with Crippen LogP contribution in [0.5, 0.6) is 0 Å². The van der Waals surface area contributed by atoms with E-state index in [1.54, 1.807) is 0 Å². The number of rotatable bonds is 0. The molecule has 2 heterocycles. The molecule has 1 aromatic heterocycles. The lowest BCUT2D eigenvalue weighted by molar-refractivity contribution is 0.0884. The van der Waals surface area contributed by atoms with Gasteiger partial charge < -0.3 is 4.67 Å². The smallest absolute Gasteiger partial charge is 0.276 e. The van der Waals surface area contributed by atoms with E-state index in [1.165, 1.54) is 4.67 Å². The van der Waals surface area contributed by atoms with Crippen LogP contribution in [0.3, 0.4) is 0 Å². The Bertz CT molecular complexity index is 398. The molecule has 4 nitrogen and oxygen atoms in total. The Kier molecular flexibility index (Phi) is 2.14. The van der Waals surface area contributed by atoms with E-state index < -0.39 is 0 Å². The number of nitrogens with zero attached hydrogens (tertiary/aromatic N) is 3. The van der Waals surface area contributed by atoms with Crippen LogP contribution in [0.2, 0.25) is 10.4 Å². The molecule has 13 heavy (non-hydrogen) atoms. The van der Waals surface area contributed by atoms with Gasteiger partial charge in [-0.25, -0.2) is 9.97 Å². The predicted octanol–water partition coefficient (Wildman–Crippen LogP) is 1.53. The summed E-state index contributed by atoms with van der Waals surface area (Å²) in [6.45, 7) is 0.412.